The van der Waals surface area contributed by atoms with E-state index in [4.69, 9.17) is 5.11 Å². The highest BCUT2D eigenvalue weighted by Gasteiger charge is 2.34. The Bertz CT molecular complexity index is 338. The highest BCUT2D eigenvalue weighted by Crippen LogP contribution is 2.35. The summed E-state index contributed by atoms with van der Waals surface area (Å²) in [5.41, 5.74) is 1.27. The molecule has 0 spiro atoms. The zero-order chi connectivity index (χ0) is 12.8. The second-order valence-electron chi connectivity index (χ2n) is 5.12. The van der Waals surface area contributed by atoms with Gasteiger partial charge in [-0.2, -0.15) is 0 Å². The van der Waals surface area contributed by atoms with E-state index in [0.29, 0.717) is 5.92 Å². The fourth-order valence-electron chi connectivity index (χ4n) is 2.50. The fraction of sp³-hybridized carbons (Fsp3) is 0.600. The van der Waals surface area contributed by atoms with Crippen LogP contribution in [0.15, 0.2) is 30.3 Å². The lowest BCUT2D eigenvalue weighted by atomic mass is 10.1. The van der Waals surface area contributed by atoms with Crippen molar-refractivity contribution in [3.63, 3.8) is 0 Å². The summed E-state index contributed by atoms with van der Waals surface area (Å²) in [7, 11) is 0. The summed E-state index contributed by atoms with van der Waals surface area (Å²) in [6.45, 7) is 2.16. The Morgan fingerprint density at radius 3 is 2.44 bits per heavy atom. The Kier molecular flexibility index (Phi) is 5.17. The van der Waals surface area contributed by atoms with Crippen molar-refractivity contribution in [2.75, 3.05) is 19.8 Å². The third-order valence-electron chi connectivity index (χ3n) is 3.65. The molecule has 3 heteroatoms. The molecule has 1 unspecified atom stereocenters. The average molecular weight is 249 g/mol. The molecular formula is C15H23NO2. The number of aliphatic hydroxyl groups excluding tert-OH is 2. The van der Waals surface area contributed by atoms with Gasteiger partial charge in [0.15, 0.2) is 0 Å². The first-order chi connectivity index (χ1) is 8.85. The summed E-state index contributed by atoms with van der Waals surface area (Å²) in [5.74, 6) is 0.650. The first-order valence-corrected chi connectivity index (χ1v) is 6.85. The smallest absolute Gasteiger partial charge is 0.0589 e. The predicted octanol–water partition coefficient (Wildman–Crippen LogP) is 1.64. The largest absolute Gasteiger partial charge is 0.396 e. The van der Waals surface area contributed by atoms with Crippen LogP contribution in [0.5, 0.6) is 0 Å². The number of benzene rings is 1. The van der Waals surface area contributed by atoms with Crippen LogP contribution in [0.4, 0.5) is 0 Å². The Morgan fingerprint density at radius 2 is 1.89 bits per heavy atom. The van der Waals surface area contributed by atoms with Gasteiger partial charge < -0.3 is 10.2 Å². The summed E-state index contributed by atoms with van der Waals surface area (Å²) in [6, 6.07) is 10.6. The van der Waals surface area contributed by atoms with E-state index in [1.54, 1.807) is 0 Å². The molecule has 0 heterocycles. The highest BCUT2D eigenvalue weighted by atomic mass is 16.3. The molecule has 1 fully saturated rings. The second kappa shape index (κ2) is 6.88. The number of rotatable bonds is 8. The first kappa shape index (κ1) is 13.5. The van der Waals surface area contributed by atoms with Crippen molar-refractivity contribution in [1.82, 2.24) is 4.90 Å². The average Bonchev–Trinajstić information content (AvgIpc) is 3.22. The van der Waals surface area contributed by atoms with Gasteiger partial charge in [-0.05, 0) is 30.7 Å². The maximum absolute atomic E-state index is 9.58. The van der Waals surface area contributed by atoms with Gasteiger partial charge in [-0.15, -0.1) is 0 Å². The molecule has 1 aliphatic rings. The summed E-state index contributed by atoms with van der Waals surface area (Å²) in [4.78, 5) is 2.32. The molecule has 0 saturated heterocycles. The van der Waals surface area contributed by atoms with Gasteiger partial charge in [0.25, 0.3) is 0 Å². The standard InChI is InChI=1S/C15H23NO2/c17-10-4-9-16(15(12-18)14-7-8-14)11-13-5-2-1-3-6-13/h1-3,5-6,14-15,17-18H,4,7-12H2. The predicted molar refractivity (Wildman–Crippen MR) is 72.2 cm³/mol. The van der Waals surface area contributed by atoms with Gasteiger partial charge in [0.1, 0.15) is 0 Å². The molecule has 1 aliphatic carbocycles. The van der Waals surface area contributed by atoms with E-state index in [2.05, 4.69) is 17.0 Å². The lowest BCUT2D eigenvalue weighted by molar-refractivity contribution is 0.0937. The van der Waals surface area contributed by atoms with E-state index in [1.165, 1.54) is 18.4 Å². The van der Waals surface area contributed by atoms with Crippen LogP contribution in [0.3, 0.4) is 0 Å². The SMILES string of the molecule is OCCCN(Cc1ccccc1)C(CO)C1CC1. The van der Waals surface area contributed by atoms with Gasteiger partial charge in [-0.1, -0.05) is 30.3 Å². The molecule has 1 aromatic rings. The number of aliphatic hydroxyl groups is 2. The van der Waals surface area contributed by atoms with Crippen molar-refractivity contribution in [3.8, 4) is 0 Å². The minimum Gasteiger partial charge on any atom is -0.396 e. The van der Waals surface area contributed by atoms with E-state index in [0.717, 1.165) is 19.5 Å². The van der Waals surface area contributed by atoms with Gasteiger partial charge >= 0.3 is 0 Å². The highest BCUT2D eigenvalue weighted by molar-refractivity contribution is 5.14. The third kappa shape index (κ3) is 3.80. The van der Waals surface area contributed by atoms with Gasteiger partial charge in [-0.3, -0.25) is 4.90 Å². The molecule has 0 radical (unpaired) electrons. The zero-order valence-electron chi connectivity index (χ0n) is 10.8. The maximum atomic E-state index is 9.58. The van der Waals surface area contributed by atoms with Crippen LogP contribution >= 0.6 is 0 Å². The number of nitrogens with zero attached hydrogens (tertiary/aromatic N) is 1. The van der Waals surface area contributed by atoms with Crippen LogP contribution in [-0.2, 0) is 6.54 Å². The summed E-state index contributed by atoms with van der Waals surface area (Å²) < 4.78 is 0. The maximum Gasteiger partial charge on any atom is 0.0589 e. The molecule has 0 amide bonds. The molecule has 2 rings (SSSR count). The topological polar surface area (TPSA) is 43.7 Å². The van der Waals surface area contributed by atoms with E-state index >= 15 is 0 Å². The number of hydrogen-bond acceptors (Lipinski definition) is 3. The first-order valence-electron chi connectivity index (χ1n) is 6.85. The molecule has 1 atom stereocenters. The number of hydrogen-bond donors (Lipinski definition) is 2. The molecule has 2 N–H and O–H groups in total. The molecule has 1 aromatic carbocycles. The molecular weight excluding hydrogens is 226 g/mol. The Morgan fingerprint density at radius 1 is 1.17 bits per heavy atom. The third-order valence-corrected chi connectivity index (χ3v) is 3.65. The fourth-order valence-corrected chi connectivity index (χ4v) is 2.50. The summed E-state index contributed by atoms with van der Waals surface area (Å²) in [6.07, 6.45) is 3.24. The minimum absolute atomic E-state index is 0.216. The van der Waals surface area contributed by atoms with E-state index < -0.39 is 0 Å². The van der Waals surface area contributed by atoms with Crippen molar-refractivity contribution in [1.29, 1.82) is 0 Å². The van der Waals surface area contributed by atoms with Crippen molar-refractivity contribution in [3.05, 3.63) is 35.9 Å². The molecule has 0 aromatic heterocycles. The molecule has 100 valence electrons. The van der Waals surface area contributed by atoms with Crippen LogP contribution in [0.25, 0.3) is 0 Å². The lowest BCUT2D eigenvalue weighted by Crippen LogP contribution is -2.40. The van der Waals surface area contributed by atoms with Crippen molar-refractivity contribution < 1.29 is 10.2 Å². The van der Waals surface area contributed by atoms with Crippen LogP contribution in [0, 0.1) is 5.92 Å². The van der Waals surface area contributed by atoms with Gasteiger partial charge in [0.2, 0.25) is 0 Å². The molecule has 3 nitrogen and oxygen atoms in total. The van der Waals surface area contributed by atoms with Gasteiger partial charge in [-0.25, -0.2) is 0 Å². The van der Waals surface area contributed by atoms with Crippen LogP contribution in [-0.4, -0.2) is 40.9 Å². The Balaban J connectivity index is 1.99. The quantitative estimate of drug-likeness (QED) is 0.736. The van der Waals surface area contributed by atoms with Crippen LogP contribution in [0.1, 0.15) is 24.8 Å². The van der Waals surface area contributed by atoms with Crippen molar-refractivity contribution in [2.24, 2.45) is 5.92 Å². The van der Waals surface area contributed by atoms with Crippen molar-refractivity contribution in [2.45, 2.75) is 31.8 Å². The van der Waals surface area contributed by atoms with E-state index in [1.807, 2.05) is 18.2 Å². The second-order valence-corrected chi connectivity index (χ2v) is 5.12. The molecule has 1 saturated carbocycles. The van der Waals surface area contributed by atoms with Gasteiger partial charge in [0, 0.05) is 25.7 Å². The van der Waals surface area contributed by atoms with E-state index in [-0.39, 0.29) is 19.3 Å². The van der Waals surface area contributed by atoms with Crippen molar-refractivity contribution >= 4 is 0 Å². The molecule has 0 aliphatic heterocycles. The van der Waals surface area contributed by atoms with Crippen LogP contribution < -0.4 is 0 Å². The monoisotopic (exact) mass is 249 g/mol. The zero-order valence-corrected chi connectivity index (χ0v) is 10.8. The molecule has 0 bridgehead atoms. The molecule has 18 heavy (non-hydrogen) atoms. The Hall–Kier alpha value is -0.900. The lowest BCUT2D eigenvalue weighted by Gasteiger charge is -2.30. The van der Waals surface area contributed by atoms with E-state index in [9.17, 15) is 5.11 Å². The van der Waals surface area contributed by atoms with Crippen LogP contribution in [0.2, 0.25) is 0 Å². The summed E-state index contributed by atoms with van der Waals surface area (Å²) in [5, 5.41) is 18.6. The Labute approximate surface area is 109 Å². The van der Waals surface area contributed by atoms with Gasteiger partial charge in [0.05, 0.1) is 6.61 Å². The normalized spacial score (nSPS) is 17.1. The summed E-state index contributed by atoms with van der Waals surface area (Å²) >= 11 is 0. The minimum atomic E-state index is 0.216.